The van der Waals surface area contributed by atoms with Crippen LogP contribution in [0.1, 0.15) is 96.8 Å². The molecule has 0 atom stereocenters. The normalized spacial score (nSPS) is 12.3. The minimum absolute atomic E-state index is 0. The summed E-state index contributed by atoms with van der Waals surface area (Å²) >= 11 is 0. The number of carboxylic acids is 1. The summed E-state index contributed by atoms with van der Waals surface area (Å²) < 4.78 is 0. The van der Waals surface area contributed by atoms with Gasteiger partial charge in [-0.05, 0) is 32.1 Å². The highest BCUT2D eigenvalue weighted by Gasteiger charge is 1.95. The Kier molecular flexibility index (Phi) is 24.4. The summed E-state index contributed by atoms with van der Waals surface area (Å²) in [6.07, 6.45) is 23.0. The Morgan fingerprint density at radius 2 is 1.50 bits per heavy atom. The first-order chi connectivity index (χ1) is 12.3. The lowest BCUT2D eigenvalue weighted by atomic mass is 10.1. The van der Waals surface area contributed by atoms with Crippen LogP contribution in [0.5, 0.6) is 0 Å². The van der Waals surface area contributed by atoms with Crippen LogP contribution in [-0.2, 0) is 4.79 Å². The van der Waals surface area contributed by atoms with E-state index in [4.69, 9.17) is 5.11 Å². The molecule has 1 aliphatic heterocycles. The molecule has 0 spiro atoms. The SMILES string of the molecule is C1=NCCN1.CCCCCCCC/C=C\CCCCCCCC(=O)O.N. The Labute approximate surface area is 161 Å². The van der Waals surface area contributed by atoms with Crippen molar-refractivity contribution in [1.29, 1.82) is 0 Å². The number of nitrogens with one attached hydrogen (secondary N) is 1. The predicted octanol–water partition coefficient (Wildman–Crippen LogP) is 5.89. The highest BCUT2D eigenvalue weighted by molar-refractivity contribution is 5.66. The van der Waals surface area contributed by atoms with Crippen molar-refractivity contribution < 1.29 is 9.90 Å². The maximum absolute atomic E-state index is 10.3. The van der Waals surface area contributed by atoms with Gasteiger partial charge in [-0.15, -0.1) is 0 Å². The van der Waals surface area contributed by atoms with Crippen molar-refractivity contribution in [3.63, 3.8) is 0 Å². The summed E-state index contributed by atoms with van der Waals surface area (Å²) in [6.45, 7) is 4.24. The molecule has 0 aliphatic carbocycles. The number of hydrogen-bond acceptors (Lipinski definition) is 4. The van der Waals surface area contributed by atoms with Crippen molar-refractivity contribution in [2.75, 3.05) is 13.1 Å². The maximum atomic E-state index is 10.3. The van der Waals surface area contributed by atoms with Gasteiger partial charge in [0.2, 0.25) is 0 Å². The van der Waals surface area contributed by atoms with Crippen molar-refractivity contribution in [1.82, 2.24) is 11.5 Å². The molecule has 0 bridgehead atoms. The van der Waals surface area contributed by atoms with E-state index in [0.29, 0.717) is 6.42 Å². The largest absolute Gasteiger partial charge is 0.481 e. The highest BCUT2D eigenvalue weighted by Crippen LogP contribution is 2.09. The molecule has 1 heterocycles. The van der Waals surface area contributed by atoms with Crippen LogP contribution < -0.4 is 11.5 Å². The molecule has 1 aliphatic rings. The van der Waals surface area contributed by atoms with Gasteiger partial charge in [0.25, 0.3) is 0 Å². The van der Waals surface area contributed by atoms with E-state index in [1.807, 2.05) is 0 Å². The lowest BCUT2D eigenvalue weighted by Gasteiger charge is -1.99. The molecule has 0 aromatic heterocycles. The first-order valence-corrected chi connectivity index (χ1v) is 10.4. The smallest absolute Gasteiger partial charge is 0.303 e. The monoisotopic (exact) mass is 369 g/mol. The third-order valence-corrected chi connectivity index (χ3v) is 4.22. The van der Waals surface area contributed by atoms with Crippen LogP contribution >= 0.6 is 0 Å². The standard InChI is InChI=1S/C18H34O2.C3H6N2.H3N/c1-2-3-4-5-6-7-8-9-10-11-12-13-14-15-16-17-18(19)20;1-2-5-3-4-1;/h9-10H,2-8,11-17H2,1H3,(H,19,20);3H,1-2H2,(H,4,5);1H3/b10-9-;;. The molecule has 26 heavy (non-hydrogen) atoms. The zero-order valence-electron chi connectivity index (χ0n) is 17.1. The Morgan fingerprint density at radius 1 is 0.962 bits per heavy atom. The maximum Gasteiger partial charge on any atom is 0.303 e. The first kappa shape index (κ1) is 26.9. The Hall–Kier alpha value is -1.36. The molecule has 5 N–H and O–H groups in total. The van der Waals surface area contributed by atoms with E-state index in [0.717, 1.165) is 25.9 Å². The predicted molar refractivity (Wildman–Crippen MR) is 113 cm³/mol. The van der Waals surface area contributed by atoms with Crippen molar-refractivity contribution in [3.05, 3.63) is 12.2 Å². The first-order valence-electron chi connectivity index (χ1n) is 10.4. The number of carboxylic acid groups (broad SMARTS) is 1. The minimum atomic E-state index is -0.664. The van der Waals surface area contributed by atoms with Gasteiger partial charge < -0.3 is 16.6 Å². The van der Waals surface area contributed by atoms with Crippen molar-refractivity contribution in [2.45, 2.75) is 96.8 Å². The van der Waals surface area contributed by atoms with Crippen molar-refractivity contribution in [2.24, 2.45) is 4.99 Å². The molecule has 0 fully saturated rings. The van der Waals surface area contributed by atoms with E-state index in [1.54, 1.807) is 6.34 Å². The van der Waals surface area contributed by atoms with Gasteiger partial charge in [0.15, 0.2) is 0 Å². The van der Waals surface area contributed by atoms with Gasteiger partial charge in [0.1, 0.15) is 0 Å². The quantitative estimate of drug-likeness (QED) is 0.248. The summed E-state index contributed by atoms with van der Waals surface area (Å²) in [5.74, 6) is -0.664. The molecule has 0 saturated heterocycles. The molecule has 0 aromatic rings. The van der Waals surface area contributed by atoms with E-state index >= 15 is 0 Å². The van der Waals surface area contributed by atoms with Gasteiger partial charge in [-0.25, -0.2) is 0 Å². The lowest BCUT2D eigenvalue weighted by molar-refractivity contribution is -0.137. The molecule has 0 aromatic carbocycles. The van der Waals surface area contributed by atoms with E-state index < -0.39 is 5.97 Å². The Bertz CT molecular complexity index is 338. The van der Waals surface area contributed by atoms with Gasteiger partial charge in [0.05, 0.1) is 12.9 Å². The molecule has 0 saturated carbocycles. The van der Waals surface area contributed by atoms with Crippen LogP contribution in [0.3, 0.4) is 0 Å². The van der Waals surface area contributed by atoms with Crippen LogP contribution in [-0.4, -0.2) is 30.5 Å². The van der Waals surface area contributed by atoms with E-state index in [2.05, 4.69) is 29.4 Å². The number of nitrogens with zero attached hydrogens (tertiary/aromatic N) is 1. The third kappa shape index (κ3) is 24.9. The van der Waals surface area contributed by atoms with Crippen molar-refractivity contribution >= 4 is 12.3 Å². The van der Waals surface area contributed by atoms with E-state index in [-0.39, 0.29) is 6.15 Å². The number of unbranched alkanes of at least 4 members (excludes halogenated alkanes) is 11. The summed E-state index contributed by atoms with van der Waals surface area (Å²) in [6, 6.07) is 0. The number of rotatable bonds is 15. The summed E-state index contributed by atoms with van der Waals surface area (Å²) in [4.78, 5) is 14.2. The molecular weight excluding hydrogens is 326 g/mol. The molecule has 0 radical (unpaired) electrons. The summed E-state index contributed by atoms with van der Waals surface area (Å²) in [5, 5.41) is 11.4. The molecule has 0 amide bonds. The molecule has 1 rings (SSSR count). The molecular formula is C21H43N3O2. The second kappa shape index (κ2) is 23.6. The van der Waals surface area contributed by atoms with Gasteiger partial charge in [-0.1, -0.05) is 70.4 Å². The van der Waals surface area contributed by atoms with Gasteiger partial charge in [-0.3, -0.25) is 9.79 Å². The number of aliphatic imine (C=N–C) groups is 1. The zero-order chi connectivity index (χ0) is 18.4. The van der Waals surface area contributed by atoms with E-state index in [1.165, 1.54) is 70.6 Å². The zero-order valence-corrected chi connectivity index (χ0v) is 17.1. The fourth-order valence-corrected chi connectivity index (χ4v) is 2.67. The van der Waals surface area contributed by atoms with Crippen LogP contribution in [0.2, 0.25) is 0 Å². The van der Waals surface area contributed by atoms with Crippen LogP contribution in [0.25, 0.3) is 0 Å². The number of carbonyl (C=O) groups is 1. The second-order valence-corrected chi connectivity index (χ2v) is 6.72. The molecule has 5 nitrogen and oxygen atoms in total. The molecule has 5 heteroatoms. The van der Waals surface area contributed by atoms with Crippen LogP contribution in [0.15, 0.2) is 17.1 Å². The van der Waals surface area contributed by atoms with Crippen molar-refractivity contribution in [3.8, 4) is 0 Å². The van der Waals surface area contributed by atoms with Gasteiger partial charge in [0, 0.05) is 13.0 Å². The van der Waals surface area contributed by atoms with Crippen LogP contribution in [0.4, 0.5) is 0 Å². The fourth-order valence-electron chi connectivity index (χ4n) is 2.67. The Balaban J connectivity index is 0. The Morgan fingerprint density at radius 3 is 1.92 bits per heavy atom. The van der Waals surface area contributed by atoms with Crippen LogP contribution in [0, 0.1) is 0 Å². The van der Waals surface area contributed by atoms with Gasteiger partial charge >= 0.3 is 5.97 Å². The summed E-state index contributed by atoms with van der Waals surface area (Å²) in [7, 11) is 0. The van der Waals surface area contributed by atoms with E-state index in [9.17, 15) is 4.79 Å². The number of allylic oxidation sites excluding steroid dienone is 2. The van der Waals surface area contributed by atoms with Gasteiger partial charge in [-0.2, -0.15) is 0 Å². The average Bonchev–Trinajstić information content (AvgIpc) is 3.18. The topological polar surface area (TPSA) is 96.7 Å². The second-order valence-electron chi connectivity index (χ2n) is 6.72. The minimum Gasteiger partial charge on any atom is -0.481 e. The molecule has 0 unspecified atom stereocenters. The lowest BCUT2D eigenvalue weighted by Crippen LogP contribution is -2.04. The molecule has 154 valence electrons. The number of aliphatic carboxylic acids is 1. The summed E-state index contributed by atoms with van der Waals surface area (Å²) in [5.41, 5.74) is 0. The average molecular weight is 370 g/mol. The fraction of sp³-hybridized carbons (Fsp3) is 0.810. The highest BCUT2D eigenvalue weighted by atomic mass is 16.4. The number of hydrogen-bond donors (Lipinski definition) is 3. The third-order valence-electron chi connectivity index (χ3n) is 4.22.